The molecule has 0 bridgehead atoms. The van der Waals surface area contributed by atoms with Crippen LogP contribution in [-0.2, 0) is 13.2 Å². The van der Waals surface area contributed by atoms with Crippen LogP contribution in [-0.4, -0.2) is 32.3 Å². The number of carbonyl (C=O) groups excluding carboxylic acids is 2. The van der Waals surface area contributed by atoms with Gasteiger partial charge in [0.05, 0.1) is 19.0 Å². The number of amides is 2. The Morgan fingerprint density at radius 2 is 1.14 bits per heavy atom. The van der Waals surface area contributed by atoms with Crippen LogP contribution in [0.25, 0.3) is 0 Å². The van der Waals surface area contributed by atoms with E-state index in [2.05, 4.69) is 25.5 Å². The third-order valence-electron chi connectivity index (χ3n) is 7.51. The molecule has 11 nitrogen and oxygen atoms in total. The van der Waals surface area contributed by atoms with Gasteiger partial charge in [-0.05, 0) is 111 Å². The largest absolute Gasteiger partial charge is 0.508 e. The third kappa shape index (κ3) is 10.7. The molecule has 11 heteroatoms. The van der Waals surface area contributed by atoms with Crippen LogP contribution in [0.4, 0.5) is 11.4 Å². The fraction of sp³-hybridized carbons (Fsp3) is 0.158. The number of phenolic OH excluding ortho intramolecular Hbond substituents is 1. The third-order valence-corrected chi connectivity index (χ3v) is 7.51. The van der Waals surface area contributed by atoms with Crippen molar-refractivity contribution in [3.8, 4) is 11.5 Å². The lowest BCUT2D eigenvalue weighted by atomic mass is 10.1. The van der Waals surface area contributed by atoms with Gasteiger partial charge in [-0.1, -0.05) is 34.6 Å². The Bertz CT molecular complexity index is 1920. The monoisotopic (exact) mass is 662 g/mol. The lowest BCUT2D eigenvalue weighted by Gasteiger charge is -2.11. The molecule has 0 aliphatic carbocycles. The number of rotatable bonds is 8. The van der Waals surface area contributed by atoms with Crippen LogP contribution < -0.4 is 15.4 Å². The van der Waals surface area contributed by atoms with Gasteiger partial charge in [0.1, 0.15) is 30.6 Å². The van der Waals surface area contributed by atoms with E-state index >= 15 is 0 Å². The number of ether oxygens (including phenoxy) is 1. The van der Waals surface area contributed by atoms with E-state index in [1.54, 1.807) is 42.6 Å². The standard InChI is InChI=1S/C19H18N2O3.C15H15NO2.C4H5NO2/c1-13-4-3-5-18(14(13)2)21-19(22)16-6-8-17(9-7-16)23-11-15-10-20-24-12-15;1-10-4-3-5-14(11(10)2)16-15(18)12-6-8-13(17)9-7-12;6-2-4-1-5-7-3-4/h3-10,12H,11H2,1-2H3,(H,21,22);3-9,17H,1-2H3,(H,16,18);1,3,6H,2H2. The average molecular weight is 663 g/mol. The van der Waals surface area contributed by atoms with Gasteiger partial charge in [0.25, 0.3) is 11.8 Å². The Kier molecular flexibility index (Phi) is 12.8. The number of nitrogens with one attached hydrogen (secondary N) is 2. The van der Waals surface area contributed by atoms with Crippen LogP contribution in [0.1, 0.15) is 54.1 Å². The average Bonchev–Trinajstić information content (AvgIpc) is 3.84. The molecule has 4 N–H and O–H groups in total. The summed E-state index contributed by atoms with van der Waals surface area (Å²) in [5.41, 5.74) is 8.71. The first-order valence-corrected chi connectivity index (χ1v) is 15.3. The lowest BCUT2D eigenvalue weighted by Crippen LogP contribution is -2.13. The Hall–Kier alpha value is -6.20. The fourth-order valence-electron chi connectivity index (χ4n) is 4.25. The molecule has 0 unspecified atom stereocenters. The van der Waals surface area contributed by atoms with Crippen molar-refractivity contribution in [3.05, 3.63) is 154 Å². The van der Waals surface area contributed by atoms with Crippen LogP contribution in [0.5, 0.6) is 11.5 Å². The molecular weight excluding hydrogens is 624 g/mol. The number of hydrogen-bond acceptors (Lipinski definition) is 9. The van der Waals surface area contributed by atoms with Gasteiger partial charge in [-0.25, -0.2) is 0 Å². The number of aromatic hydroxyl groups is 1. The number of aliphatic hydroxyl groups is 1. The molecule has 6 aromatic rings. The van der Waals surface area contributed by atoms with Crippen molar-refractivity contribution in [1.29, 1.82) is 0 Å². The zero-order valence-corrected chi connectivity index (χ0v) is 27.6. The smallest absolute Gasteiger partial charge is 0.255 e. The predicted octanol–water partition coefficient (Wildman–Crippen LogP) is 7.55. The number of benzene rings is 4. The number of hydrogen-bond donors (Lipinski definition) is 4. The van der Waals surface area contributed by atoms with Gasteiger partial charge in [-0.2, -0.15) is 0 Å². The molecule has 4 aromatic carbocycles. The molecule has 6 rings (SSSR count). The number of nitrogens with zero attached hydrogens (tertiary/aromatic N) is 2. The zero-order valence-electron chi connectivity index (χ0n) is 27.6. The Balaban J connectivity index is 0.000000189. The minimum Gasteiger partial charge on any atom is -0.508 e. The molecule has 0 saturated heterocycles. The maximum absolute atomic E-state index is 12.4. The van der Waals surface area contributed by atoms with Crippen LogP contribution in [0.2, 0.25) is 0 Å². The zero-order chi connectivity index (χ0) is 35.2. The number of anilines is 2. The van der Waals surface area contributed by atoms with Crippen molar-refractivity contribution >= 4 is 23.2 Å². The van der Waals surface area contributed by atoms with E-state index in [0.717, 1.165) is 39.2 Å². The minimum absolute atomic E-state index is 0.00347. The fourth-order valence-corrected chi connectivity index (χ4v) is 4.25. The molecule has 0 radical (unpaired) electrons. The van der Waals surface area contributed by atoms with E-state index < -0.39 is 0 Å². The first-order valence-electron chi connectivity index (χ1n) is 15.3. The molecule has 2 aromatic heterocycles. The SMILES string of the molecule is Cc1cccc(NC(=O)c2ccc(O)cc2)c1C.Cc1cccc(NC(=O)c2ccc(OCc3cnoc3)cc2)c1C.OCc1cnoc1. The molecule has 2 amide bonds. The number of phenols is 1. The molecule has 252 valence electrons. The van der Waals surface area contributed by atoms with E-state index in [1.165, 1.54) is 30.9 Å². The lowest BCUT2D eigenvalue weighted by molar-refractivity contribution is 0.101. The summed E-state index contributed by atoms with van der Waals surface area (Å²) >= 11 is 0. The van der Waals surface area contributed by atoms with Crippen molar-refractivity contribution in [2.24, 2.45) is 0 Å². The first-order chi connectivity index (χ1) is 23.6. The van der Waals surface area contributed by atoms with Crippen molar-refractivity contribution in [3.63, 3.8) is 0 Å². The highest BCUT2D eigenvalue weighted by Gasteiger charge is 2.10. The molecule has 49 heavy (non-hydrogen) atoms. The summed E-state index contributed by atoms with van der Waals surface area (Å²) in [4.78, 5) is 24.4. The second kappa shape index (κ2) is 17.6. The summed E-state index contributed by atoms with van der Waals surface area (Å²) in [6, 6.07) is 24.8. The van der Waals surface area contributed by atoms with Crippen LogP contribution >= 0.6 is 0 Å². The second-order valence-electron chi connectivity index (χ2n) is 11.0. The van der Waals surface area contributed by atoms with Crippen molar-refractivity contribution < 1.29 is 33.6 Å². The van der Waals surface area contributed by atoms with Gasteiger partial charge < -0.3 is 34.6 Å². The number of carbonyl (C=O) groups is 2. The van der Waals surface area contributed by atoms with Gasteiger partial charge in [0, 0.05) is 33.6 Å². The Morgan fingerprint density at radius 1 is 0.673 bits per heavy atom. The normalized spacial score (nSPS) is 10.1. The maximum Gasteiger partial charge on any atom is 0.255 e. The summed E-state index contributed by atoms with van der Waals surface area (Å²) < 4.78 is 14.7. The highest BCUT2D eigenvalue weighted by atomic mass is 16.5. The van der Waals surface area contributed by atoms with Crippen LogP contribution in [0, 0.1) is 27.7 Å². The Labute approximate surface area is 284 Å². The molecule has 0 fully saturated rings. The van der Waals surface area contributed by atoms with Gasteiger partial charge in [-0.15, -0.1) is 0 Å². The highest BCUT2D eigenvalue weighted by molar-refractivity contribution is 6.05. The molecule has 0 saturated carbocycles. The molecule has 0 spiro atoms. The minimum atomic E-state index is -0.177. The molecule has 0 aliphatic heterocycles. The summed E-state index contributed by atoms with van der Waals surface area (Å²) in [5.74, 6) is 0.510. The van der Waals surface area contributed by atoms with Gasteiger partial charge >= 0.3 is 0 Å². The highest BCUT2D eigenvalue weighted by Crippen LogP contribution is 2.21. The van der Waals surface area contributed by atoms with E-state index in [9.17, 15) is 14.7 Å². The number of aromatic nitrogens is 2. The molecule has 2 heterocycles. The van der Waals surface area contributed by atoms with E-state index in [-0.39, 0.29) is 24.2 Å². The van der Waals surface area contributed by atoms with E-state index in [4.69, 9.17) is 14.4 Å². The maximum atomic E-state index is 12.4. The van der Waals surface area contributed by atoms with Gasteiger partial charge in [0.2, 0.25) is 0 Å². The number of aliphatic hydroxyl groups excluding tert-OH is 1. The summed E-state index contributed by atoms with van der Waals surface area (Å²) in [5, 5.41) is 30.3. The summed E-state index contributed by atoms with van der Waals surface area (Å²) in [6.45, 7) is 8.37. The summed E-state index contributed by atoms with van der Waals surface area (Å²) in [6.07, 6.45) is 6.01. The van der Waals surface area contributed by atoms with Crippen molar-refractivity contribution in [2.75, 3.05) is 10.6 Å². The van der Waals surface area contributed by atoms with Crippen LogP contribution in [0.3, 0.4) is 0 Å². The van der Waals surface area contributed by atoms with E-state index in [1.807, 2.05) is 64.1 Å². The topological polar surface area (TPSA) is 160 Å². The number of aryl methyl sites for hydroxylation is 2. The van der Waals surface area contributed by atoms with Gasteiger partial charge in [0.15, 0.2) is 0 Å². The second-order valence-corrected chi connectivity index (χ2v) is 11.0. The quantitative estimate of drug-likeness (QED) is 0.129. The predicted molar refractivity (Wildman–Crippen MR) is 186 cm³/mol. The first kappa shape index (κ1) is 35.7. The molecular formula is C38H38N4O7. The summed E-state index contributed by atoms with van der Waals surface area (Å²) in [7, 11) is 0. The van der Waals surface area contributed by atoms with Crippen molar-refractivity contribution in [2.45, 2.75) is 40.9 Å². The van der Waals surface area contributed by atoms with Gasteiger partial charge in [-0.3, -0.25) is 9.59 Å². The molecule has 0 aliphatic rings. The van der Waals surface area contributed by atoms with E-state index in [0.29, 0.717) is 29.0 Å². The molecule has 0 atom stereocenters. The van der Waals surface area contributed by atoms with Crippen molar-refractivity contribution in [1.82, 2.24) is 10.3 Å². The van der Waals surface area contributed by atoms with Crippen LogP contribution in [0.15, 0.2) is 119 Å². The Morgan fingerprint density at radius 3 is 1.57 bits per heavy atom.